The Balaban J connectivity index is 2.72. The Morgan fingerprint density at radius 2 is 1.95 bits per heavy atom. The Bertz CT molecular complexity index is 527. The summed E-state index contributed by atoms with van der Waals surface area (Å²) >= 11 is 0. The molecule has 1 unspecified atom stereocenters. The third kappa shape index (κ3) is 4.86. The maximum Gasteiger partial charge on any atom is 0.240 e. The third-order valence-electron chi connectivity index (χ3n) is 3.33. The number of rotatable bonds is 7. The second-order valence-corrected chi connectivity index (χ2v) is 7.10. The van der Waals surface area contributed by atoms with Crippen molar-refractivity contribution in [3.05, 3.63) is 29.8 Å². The third-order valence-corrected chi connectivity index (χ3v) is 4.79. The van der Waals surface area contributed by atoms with Crippen LogP contribution in [0.2, 0.25) is 0 Å². The topological polar surface area (TPSA) is 75.4 Å². The number of hydrogen-bond donors (Lipinski definition) is 2. The van der Waals surface area contributed by atoms with Crippen molar-refractivity contribution in [3.63, 3.8) is 0 Å². The normalized spacial score (nSPS) is 13.9. The first-order valence-corrected chi connectivity index (χ1v) is 8.28. The van der Waals surface area contributed by atoms with E-state index in [0.29, 0.717) is 19.1 Å². The van der Waals surface area contributed by atoms with Crippen molar-refractivity contribution in [3.8, 4) is 0 Å². The standard InChI is InChI=1S/C14H25N3O2S/c1-11(2)17(4)9-8-16-20(18,19)14-7-5-6-13(10-14)12(3)15/h5-7,10-12,16H,8-9,15H2,1-4H3. The van der Waals surface area contributed by atoms with E-state index in [4.69, 9.17) is 5.73 Å². The van der Waals surface area contributed by atoms with Crippen molar-refractivity contribution in [2.24, 2.45) is 5.73 Å². The lowest BCUT2D eigenvalue weighted by atomic mass is 10.1. The molecule has 0 fully saturated rings. The molecule has 0 saturated heterocycles. The number of hydrogen-bond acceptors (Lipinski definition) is 4. The minimum atomic E-state index is -3.47. The van der Waals surface area contributed by atoms with Gasteiger partial charge in [-0.2, -0.15) is 0 Å². The highest BCUT2D eigenvalue weighted by Gasteiger charge is 2.15. The smallest absolute Gasteiger partial charge is 0.240 e. The van der Waals surface area contributed by atoms with Crippen LogP contribution in [0.4, 0.5) is 0 Å². The van der Waals surface area contributed by atoms with Gasteiger partial charge >= 0.3 is 0 Å². The molecule has 114 valence electrons. The van der Waals surface area contributed by atoms with E-state index in [1.54, 1.807) is 18.2 Å². The summed E-state index contributed by atoms with van der Waals surface area (Å²) in [4.78, 5) is 2.35. The van der Waals surface area contributed by atoms with E-state index in [9.17, 15) is 8.42 Å². The predicted molar refractivity (Wildman–Crippen MR) is 82.0 cm³/mol. The van der Waals surface area contributed by atoms with Crippen LogP contribution in [0, 0.1) is 0 Å². The van der Waals surface area contributed by atoms with Gasteiger partial charge in [0.15, 0.2) is 0 Å². The lowest BCUT2D eigenvalue weighted by molar-refractivity contribution is 0.278. The van der Waals surface area contributed by atoms with Gasteiger partial charge in [-0.1, -0.05) is 12.1 Å². The van der Waals surface area contributed by atoms with Crippen LogP contribution in [-0.2, 0) is 10.0 Å². The quantitative estimate of drug-likeness (QED) is 0.796. The molecule has 1 aromatic rings. The van der Waals surface area contributed by atoms with Gasteiger partial charge in [0.1, 0.15) is 0 Å². The monoisotopic (exact) mass is 299 g/mol. The van der Waals surface area contributed by atoms with E-state index >= 15 is 0 Å². The van der Waals surface area contributed by atoms with Gasteiger partial charge in [-0.05, 0) is 45.5 Å². The lowest BCUT2D eigenvalue weighted by Crippen LogP contribution is -2.36. The molecule has 0 aliphatic heterocycles. The van der Waals surface area contributed by atoms with Crippen LogP contribution in [0.15, 0.2) is 29.2 Å². The number of likely N-dealkylation sites (N-methyl/N-ethyl adjacent to an activating group) is 1. The van der Waals surface area contributed by atoms with Crippen LogP contribution in [0.1, 0.15) is 32.4 Å². The summed E-state index contributed by atoms with van der Waals surface area (Å²) in [6.07, 6.45) is 0. The Hall–Kier alpha value is -0.950. The van der Waals surface area contributed by atoms with Crippen molar-refractivity contribution < 1.29 is 8.42 Å². The highest BCUT2D eigenvalue weighted by molar-refractivity contribution is 7.89. The summed E-state index contributed by atoms with van der Waals surface area (Å²) < 4.78 is 27.0. The lowest BCUT2D eigenvalue weighted by Gasteiger charge is -2.21. The van der Waals surface area contributed by atoms with E-state index in [-0.39, 0.29) is 10.9 Å². The summed E-state index contributed by atoms with van der Waals surface area (Å²) in [5, 5.41) is 0. The molecule has 0 saturated carbocycles. The average molecular weight is 299 g/mol. The highest BCUT2D eigenvalue weighted by atomic mass is 32.2. The predicted octanol–water partition coefficient (Wildman–Crippen LogP) is 1.32. The van der Waals surface area contributed by atoms with Crippen molar-refractivity contribution in [2.75, 3.05) is 20.1 Å². The zero-order chi connectivity index (χ0) is 15.3. The van der Waals surface area contributed by atoms with E-state index in [1.807, 2.05) is 20.0 Å². The Kier molecular flexibility index (Phi) is 6.13. The van der Waals surface area contributed by atoms with Crippen molar-refractivity contribution in [1.29, 1.82) is 0 Å². The molecule has 0 aliphatic rings. The average Bonchev–Trinajstić information content (AvgIpc) is 2.38. The molecule has 3 N–H and O–H groups in total. The van der Waals surface area contributed by atoms with Crippen LogP contribution in [-0.4, -0.2) is 39.5 Å². The number of nitrogens with one attached hydrogen (secondary N) is 1. The second kappa shape index (κ2) is 7.17. The number of nitrogens with two attached hydrogens (primary N) is 1. The zero-order valence-electron chi connectivity index (χ0n) is 12.6. The first-order valence-electron chi connectivity index (χ1n) is 6.79. The summed E-state index contributed by atoms with van der Waals surface area (Å²) in [5.41, 5.74) is 6.59. The van der Waals surface area contributed by atoms with Crippen molar-refractivity contribution >= 4 is 10.0 Å². The van der Waals surface area contributed by atoms with Gasteiger partial charge in [0.05, 0.1) is 4.90 Å². The maximum absolute atomic E-state index is 12.2. The molecular weight excluding hydrogens is 274 g/mol. The second-order valence-electron chi connectivity index (χ2n) is 5.33. The molecule has 0 bridgehead atoms. The Morgan fingerprint density at radius 3 is 2.50 bits per heavy atom. The van der Waals surface area contributed by atoms with Crippen LogP contribution >= 0.6 is 0 Å². The van der Waals surface area contributed by atoms with E-state index in [2.05, 4.69) is 23.5 Å². The SMILES string of the molecule is CC(N)c1cccc(S(=O)(=O)NCCN(C)C(C)C)c1. The fourth-order valence-electron chi connectivity index (χ4n) is 1.66. The summed E-state index contributed by atoms with van der Waals surface area (Å²) in [6, 6.07) is 6.96. The fraction of sp³-hybridized carbons (Fsp3) is 0.571. The molecule has 0 radical (unpaired) electrons. The summed E-state index contributed by atoms with van der Waals surface area (Å²) in [6.45, 7) is 7.03. The number of nitrogens with zero attached hydrogens (tertiary/aromatic N) is 1. The van der Waals surface area contributed by atoms with Gasteiger partial charge in [-0.3, -0.25) is 0 Å². The number of benzene rings is 1. The first-order chi connectivity index (χ1) is 9.24. The van der Waals surface area contributed by atoms with Crippen molar-refractivity contribution in [1.82, 2.24) is 9.62 Å². The first kappa shape index (κ1) is 17.1. The molecule has 0 aromatic heterocycles. The minimum absolute atomic E-state index is 0.183. The molecule has 5 nitrogen and oxygen atoms in total. The minimum Gasteiger partial charge on any atom is -0.324 e. The zero-order valence-corrected chi connectivity index (χ0v) is 13.4. The molecule has 0 spiro atoms. The largest absolute Gasteiger partial charge is 0.324 e. The summed E-state index contributed by atoms with van der Waals surface area (Å²) in [7, 11) is -1.50. The van der Waals surface area contributed by atoms with E-state index in [0.717, 1.165) is 5.56 Å². The molecule has 1 aromatic carbocycles. The van der Waals surface area contributed by atoms with Crippen LogP contribution < -0.4 is 10.5 Å². The fourth-order valence-corrected chi connectivity index (χ4v) is 2.74. The molecule has 6 heteroatoms. The molecule has 20 heavy (non-hydrogen) atoms. The van der Waals surface area contributed by atoms with Gasteiger partial charge in [0, 0.05) is 25.2 Å². The highest BCUT2D eigenvalue weighted by Crippen LogP contribution is 2.15. The molecule has 0 amide bonds. The summed E-state index contributed by atoms with van der Waals surface area (Å²) in [5.74, 6) is 0. The number of sulfonamides is 1. The van der Waals surface area contributed by atoms with Gasteiger partial charge in [-0.25, -0.2) is 13.1 Å². The van der Waals surface area contributed by atoms with E-state index < -0.39 is 10.0 Å². The molecular formula is C14H25N3O2S. The van der Waals surface area contributed by atoms with Gasteiger partial charge < -0.3 is 10.6 Å². The molecule has 1 rings (SSSR count). The van der Waals surface area contributed by atoms with Gasteiger partial charge in [0.25, 0.3) is 0 Å². The molecule has 0 aliphatic carbocycles. The Morgan fingerprint density at radius 1 is 1.30 bits per heavy atom. The van der Waals surface area contributed by atoms with Crippen LogP contribution in [0.5, 0.6) is 0 Å². The molecule has 0 heterocycles. The molecule has 1 atom stereocenters. The maximum atomic E-state index is 12.2. The van der Waals surface area contributed by atoms with Gasteiger partial charge in [-0.15, -0.1) is 0 Å². The van der Waals surface area contributed by atoms with E-state index in [1.165, 1.54) is 0 Å². The van der Waals surface area contributed by atoms with Crippen LogP contribution in [0.3, 0.4) is 0 Å². The van der Waals surface area contributed by atoms with Gasteiger partial charge in [0.2, 0.25) is 10.0 Å². The van der Waals surface area contributed by atoms with Crippen molar-refractivity contribution in [2.45, 2.75) is 37.8 Å². The van der Waals surface area contributed by atoms with Crippen LogP contribution in [0.25, 0.3) is 0 Å². The Labute approximate surface area is 122 Å².